The van der Waals surface area contributed by atoms with Crippen LogP contribution < -0.4 is 16.4 Å². The van der Waals surface area contributed by atoms with E-state index in [0.717, 1.165) is 30.5 Å². The Balaban J connectivity index is 1.56. The van der Waals surface area contributed by atoms with Gasteiger partial charge in [0.15, 0.2) is 0 Å². The molecular weight excluding hydrogens is 469 g/mol. The Kier molecular flexibility index (Phi) is 7.95. The zero-order chi connectivity index (χ0) is 24.9. The van der Waals surface area contributed by atoms with Crippen LogP contribution in [0.25, 0.3) is 11.3 Å². The smallest absolute Gasteiger partial charge is 0.254 e. The van der Waals surface area contributed by atoms with E-state index >= 15 is 4.39 Å². The van der Waals surface area contributed by atoms with Crippen molar-refractivity contribution in [3.05, 3.63) is 76.3 Å². The van der Waals surface area contributed by atoms with E-state index in [4.69, 9.17) is 17.3 Å². The van der Waals surface area contributed by atoms with Gasteiger partial charge in [-0.2, -0.15) is 0 Å². The second-order valence-electron chi connectivity index (χ2n) is 8.88. The second kappa shape index (κ2) is 11.1. The summed E-state index contributed by atoms with van der Waals surface area (Å²) < 4.78 is 15.1. The lowest BCUT2D eigenvalue weighted by atomic mass is 9.85. The molecule has 1 aliphatic rings. The second-order valence-corrected chi connectivity index (χ2v) is 9.32. The average molecular weight is 498 g/mol. The average Bonchev–Trinajstić information content (AvgIpc) is 2.84. The first-order chi connectivity index (χ1) is 16.9. The summed E-state index contributed by atoms with van der Waals surface area (Å²) in [4.78, 5) is 21.8. The Morgan fingerprint density at radius 2 is 2.11 bits per heavy atom. The number of carbonyl (C=O) groups is 1. The van der Waals surface area contributed by atoms with Gasteiger partial charge in [-0.25, -0.2) is 14.4 Å². The summed E-state index contributed by atoms with van der Waals surface area (Å²) >= 11 is 6.10. The lowest BCUT2D eigenvalue weighted by Crippen LogP contribution is -2.35. The van der Waals surface area contributed by atoms with Crippen molar-refractivity contribution in [2.24, 2.45) is 0 Å². The fourth-order valence-electron chi connectivity index (χ4n) is 4.52. The van der Waals surface area contributed by atoms with Crippen molar-refractivity contribution in [1.29, 1.82) is 0 Å². The van der Waals surface area contributed by atoms with Crippen molar-refractivity contribution >= 4 is 23.3 Å². The number of hydrogen-bond acceptors (Lipinski definition) is 6. The zero-order valence-corrected chi connectivity index (χ0v) is 20.2. The van der Waals surface area contributed by atoms with Crippen molar-refractivity contribution in [3.63, 3.8) is 0 Å². The summed E-state index contributed by atoms with van der Waals surface area (Å²) in [6.45, 7) is 0.445. The Morgan fingerprint density at radius 1 is 1.29 bits per heavy atom. The largest absolute Gasteiger partial charge is 0.393 e. The lowest BCUT2D eigenvalue weighted by molar-refractivity contribution is 0.0932. The number of carbonyl (C=O) groups excluding carboxylic acids is 1. The number of nitrogens with one attached hydrogen (secondary N) is 2. The molecule has 35 heavy (non-hydrogen) atoms. The number of aromatic nitrogens is 2. The first-order valence-corrected chi connectivity index (χ1v) is 12.0. The van der Waals surface area contributed by atoms with E-state index in [1.54, 1.807) is 37.5 Å². The molecule has 1 heterocycles. The molecule has 7 nitrogen and oxygen atoms in total. The molecule has 9 heteroatoms. The van der Waals surface area contributed by atoms with Crippen LogP contribution in [-0.4, -0.2) is 40.7 Å². The molecule has 0 aliphatic heterocycles. The van der Waals surface area contributed by atoms with Gasteiger partial charge >= 0.3 is 0 Å². The highest BCUT2D eigenvalue weighted by atomic mass is 35.5. The number of aliphatic hydroxyl groups excluding tert-OH is 1. The summed E-state index contributed by atoms with van der Waals surface area (Å²) in [7, 11) is 1.77. The van der Waals surface area contributed by atoms with Crippen molar-refractivity contribution in [3.8, 4) is 11.3 Å². The summed E-state index contributed by atoms with van der Waals surface area (Å²) in [5, 5.41) is 16.5. The number of nitrogen functional groups attached to an aromatic ring is 1. The molecule has 1 saturated carbocycles. The number of benzene rings is 2. The number of hydrogen-bond donors (Lipinski definition) is 4. The van der Waals surface area contributed by atoms with Gasteiger partial charge in [-0.05, 0) is 56.1 Å². The van der Waals surface area contributed by atoms with Gasteiger partial charge in [-0.15, -0.1) is 0 Å². The maximum atomic E-state index is 15.1. The zero-order valence-electron chi connectivity index (χ0n) is 19.5. The van der Waals surface area contributed by atoms with Crippen LogP contribution in [0, 0.1) is 5.82 Å². The van der Waals surface area contributed by atoms with Crippen LogP contribution in [-0.2, 0) is 0 Å². The molecular formula is C26H29ClFN5O2. The maximum absolute atomic E-state index is 15.1. The summed E-state index contributed by atoms with van der Waals surface area (Å²) in [5.41, 5.74) is 8.31. The molecule has 1 fully saturated rings. The number of nitrogens with zero attached hydrogens (tertiary/aromatic N) is 2. The SMILES string of the molecule is CNCC(NC(=O)c1ccc(-c2nc(C3CCCC(O)C3)cnc2N)cc1F)c1cccc(Cl)c1. The molecule has 1 aromatic heterocycles. The van der Waals surface area contributed by atoms with Crippen molar-refractivity contribution < 1.29 is 14.3 Å². The third-order valence-corrected chi connectivity index (χ3v) is 6.57. The molecule has 0 bridgehead atoms. The Labute approximate surface area is 208 Å². The molecule has 0 spiro atoms. The van der Waals surface area contributed by atoms with Crippen molar-refractivity contribution in [2.75, 3.05) is 19.3 Å². The summed E-state index contributed by atoms with van der Waals surface area (Å²) in [6, 6.07) is 11.1. The monoisotopic (exact) mass is 497 g/mol. The molecule has 5 N–H and O–H groups in total. The number of anilines is 1. The van der Waals surface area contributed by atoms with E-state index in [-0.39, 0.29) is 23.4 Å². The van der Waals surface area contributed by atoms with Gasteiger partial charge < -0.3 is 21.5 Å². The van der Waals surface area contributed by atoms with E-state index in [9.17, 15) is 9.90 Å². The number of halogens is 2. The fraction of sp³-hybridized carbons (Fsp3) is 0.346. The van der Waals surface area contributed by atoms with Gasteiger partial charge in [-0.1, -0.05) is 36.2 Å². The molecule has 1 amide bonds. The number of amides is 1. The van der Waals surface area contributed by atoms with E-state index in [1.807, 2.05) is 6.07 Å². The third kappa shape index (κ3) is 5.96. The fourth-order valence-corrected chi connectivity index (χ4v) is 4.71. The van der Waals surface area contributed by atoms with Crippen LogP contribution in [0.3, 0.4) is 0 Å². The molecule has 184 valence electrons. The van der Waals surface area contributed by atoms with Crippen LogP contribution in [0.5, 0.6) is 0 Å². The lowest BCUT2D eigenvalue weighted by Gasteiger charge is -2.25. The normalized spacial score (nSPS) is 18.7. The summed E-state index contributed by atoms with van der Waals surface area (Å²) in [6.07, 6.45) is 4.49. The van der Waals surface area contributed by atoms with Gasteiger partial charge in [-0.3, -0.25) is 4.79 Å². The standard InChI is InChI=1S/C26H29ClFN5O2/c1-30-13-22(15-4-2-6-18(27)10-15)33-26(35)20-9-8-17(12-21(20)28)24-25(29)31-14-23(32-24)16-5-3-7-19(34)11-16/h2,4,6,8-10,12,14,16,19,22,30,34H,3,5,7,11,13H2,1H3,(H2,29,31)(H,33,35). The molecule has 0 radical (unpaired) electrons. The topological polar surface area (TPSA) is 113 Å². The van der Waals surface area contributed by atoms with E-state index in [0.29, 0.717) is 29.2 Å². The predicted molar refractivity (Wildman–Crippen MR) is 135 cm³/mol. The molecule has 2 aromatic carbocycles. The molecule has 1 aliphatic carbocycles. The van der Waals surface area contributed by atoms with Crippen LogP contribution in [0.1, 0.15) is 59.3 Å². The Bertz CT molecular complexity index is 1210. The number of aliphatic hydroxyl groups is 1. The van der Waals surface area contributed by atoms with Gasteiger partial charge in [0.05, 0.1) is 29.6 Å². The minimum absolute atomic E-state index is 0.0797. The number of likely N-dealkylation sites (N-methyl/N-ethyl adjacent to an activating group) is 1. The van der Waals surface area contributed by atoms with Crippen LogP contribution in [0.2, 0.25) is 5.02 Å². The Morgan fingerprint density at radius 3 is 2.83 bits per heavy atom. The first kappa shape index (κ1) is 25.0. The molecule has 3 aromatic rings. The van der Waals surface area contributed by atoms with Crippen LogP contribution in [0.15, 0.2) is 48.7 Å². The van der Waals surface area contributed by atoms with Gasteiger partial charge in [0.1, 0.15) is 17.3 Å². The predicted octanol–water partition coefficient (Wildman–Crippen LogP) is 4.23. The highest BCUT2D eigenvalue weighted by Gasteiger charge is 2.24. The summed E-state index contributed by atoms with van der Waals surface area (Å²) in [5.74, 6) is -0.972. The Hall–Kier alpha value is -3.07. The van der Waals surface area contributed by atoms with Gasteiger partial charge in [0.2, 0.25) is 0 Å². The van der Waals surface area contributed by atoms with Crippen molar-refractivity contribution in [1.82, 2.24) is 20.6 Å². The third-order valence-electron chi connectivity index (χ3n) is 6.34. The minimum Gasteiger partial charge on any atom is -0.393 e. The first-order valence-electron chi connectivity index (χ1n) is 11.7. The van der Waals surface area contributed by atoms with Crippen molar-refractivity contribution in [2.45, 2.75) is 43.7 Å². The minimum atomic E-state index is -0.686. The number of rotatable bonds is 7. The van der Waals surface area contributed by atoms with E-state index < -0.39 is 17.8 Å². The van der Waals surface area contributed by atoms with E-state index in [2.05, 4.69) is 20.6 Å². The number of nitrogens with two attached hydrogens (primary N) is 1. The van der Waals surface area contributed by atoms with Crippen LogP contribution in [0.4, 0.5) is 10.2 Å². The van der Waals surface area contributed by atoms with Gasteiger partial charge in [0.25, 0.3) is 5.91 Å². The molecule has 3 unspecified atom stereocenters. The molecule has 4 rings (SSSR count). The van der Waals surface area contributed by atoms with Crippen LogP contribution >= 0.6 is 11.6 Å². The highest BCUT2D eigenvalue weighted by Crippen LogP contribution is 2.34. The highest BCUT2D eigenvalue weighted by molar-refractivity contribution is 6.30. The van der Waals surface area contributed by atoms with Gasteiger partial charge in [0, 0.05) is 23.0 Å². The quantitative estimate of drug-likeness (QED) is 0.388. The molecule has 0 saturated heterocycles. The molecule has 3 atom stereocenters. The maximum Gasteiger partial charge on any atom is 0.254 e. The van der Waals surface area contributed by atoms with E-state index in [1.165, 1.54) is 12.1 Å².